The minimum atomic E-state index is 0.0124. The Balaban J connectivity index is 2.67. The predicted molar refractivity (Wildman–Crippen MR) is 68.1 cm³/mol. The summed E-state index contributed by atoms with van der Waals surface area (Å²) < 4.78 is 0. The van der Waals surface area contributed by atoms with E-state index in [1.165, 1.54) is 6.33 Å². The minimum absolute atomic E-state index is 0.0124. The maximum Gasteiger partial charge on any atom is 0.221 e. The number of amides is 1. The van der Waals surface area contributed by atoms with Gasteiger partial charge in [0.2, 0.25) is 5.91 Å². The van der Waals surface area contributed by atoms with Crippen LogP contribution in [0.15, 0.2) is 6.33 Å². The maximum absolute atomic E-state index is 11.1. The van der Waals surface area contributed by atoms with Crippen molar-refractivity contribution in [1.29, 1.82) is 0 Å². The molecule has 6 heteroatoms. The molecule has 0 aromatic carbocycles. The van der Waals surface area contributed by atoms with Crippen LogP contribution in [0.3, 0.4) is 0 Å². The highest BCUT2D eigenvalue weighted by molar-refractivity contribution is 5.76. The third kappa shape index (κ3) is 3.58. The van der Waals surface area contributed by atoms with Gasteiger partial charge < -0.3 is 16.0 Å². The fraction of sp³-hybridized carbons (Fsp3) is 0.545. The maximum atomic E-state index is 11.1. The van der Waals surface area contributed by atoms with Gasteiger partial charge in [-0.3, -0.25) is 4.79 Å². The van der Waals surface area contributed by atoms with Crippen LogP contribution in [-0.2, 0) is 11.2 Å². The van der Waals surface area contributed by atoms with E-state index in [0.717, 1.165) is 23.6 Å². The van der Waals surface area contributed by atoms with Gasteiger partial charge in [-0.05, 0) is 6.42 Å². The fourth-order valence-electron chi connectivity index (χ4n) is 1.53. The molecule has 0 atom stereocenters. The van der Waals surface area contributed by atoms with Crippen LogP contribution in [0.25, 0.3) is 0 Å². The predicted octanol–water partition coefficient (Wildman–Crippen LogP) is 0.629. The summed E-state index contributed by atoms with van der Waals surface area (Å²) in [5, 5.41) is 8.76. The van der Waals surface area contributed by atoms with Gasteiger partial charge in [0.1, 0.15) is 18.0 Å². The number of carbonyl (C=O) groups excluding carboxylic acids is 1. The van der Waals surface area contributed by atoms with Gasteiger partial charge in [0, 0.05) is 32.6 Å². The molecule has 0 radical (unpaired) electrons. The highest BCUT2D eigenvalue weighted by Gasteiger charge is 2.08. The van der Waals surface area contributed by atoms with E-state index in [0.29, 0.717) is 13.0 Å². The van der Waals surface area contributed by atoms with Crippen molar-refractivity contribution >= 4 is 17.5 Å². The van der Waals surface area contributed by atoms with Crippen LogP contribution in [0.2, 0.25) is 0 Å². The molecule has 0 saturated heterocycles. The van der Waals surface area contributed by atoms with Crippen LogP contribution in [0.1, 0.15) is 18.9 Å². The molecule has 1 aromatic rings. The Hall–Kier alpha value is -1.85. The lowest BCUT2D eigenvalue weighted by Crippen LogP contribution is -2.21. The molecule has 17 heavy (non-hydrogen) atoms. The van der Waals surface area contributed by atoms with Crippen molar-refractivity contribution in [2.45, 2.75) is 19.8 Å². The van der Waals surface area contributed by atoms with Crippen LogP contribution < -0.4 is 16.0 Å². The molecule has 1 aromatic heterocycles. The molecular weight excluding hydrogens is 218 g/mol. The molecular formula is C11H19N5O. The Morgan fingerprint density at radius 2 is 2.00 bits per heavy atom. The van der Waals surface area contributed by atoms with E-state index in [4.69, 9.17) is 0 Å². The van der Waals surface area contributed by atoms with E-state index in [9.17, 15) is 4.79 Å². The first-order valence-electron chi connectivity index (χ1n) is 5.69. The summed E-state index contributed by atoms with van der Waals surface area (Å²) in [5.41, 5.74) is 1.03. The number of hydrogen-bond acceptors (Lipinski definition) is 5. The molecule has 1 heterocycles. The van der Waals surface area contributed by atoms with E-state index >= 15 is 0 Å². The first-order valence-corrected chi connectivity index (χ1v) is 5.69. The monoisotopic (exact) mass is 237 g/mol. The SMILES string of the molecule is CCc1c(NC)ncnc1NCCC(=O)NC. The first kappa shape index (κ1) is 13.2. The highest BCUT2D eigenvalue weighted by Crippen LogP contribution is 2.19. The lowest BCUT2D eigenvalue weighted by molar-refractivity contribution is -0.120. The van der Waals surface area contributed by atoms with E-state index in [2.05, 4.69) is 25.9 Å². The van der Waals surface area contributed by atoms with Crippen molar-refractivity contribution in [3.05, 3.63) is 11.9 Å². The Morgan fingerprint density at radius 1 is 1.29 bits per heavy atom. The summed E-state index contributed by atoms with van der Waals surface area (Å²) in [6.45, 7) is 2.61. The van der Waals surface area contributed by atoms with Crippen LogP contribution in [0.5, 0.6) is 0 Å². The van der Waals surface area contributed by atoms with Crippen LogP contribution in [-0.4, -0.2) is 36.5 Å². The first-order chi connectivity index (χ1) is 8.22. The van der Waals surface area contributed by atoms with Crippen molar-refractivity contribution in [2.75, 3.05) is 31.3 Å². The zero-order valence-electron chi connectivity index (χ0n) is 10.5. The number of rotatable bonds is 6. The molecule has 0 fully saturated rings. The van der Waals surface area contributed by atoms with Crippen LogP contribution >= 0.6 is 0 Å². The number of hydrogen-bond donors (Lipinski definition) is 3. The molecule has 1 amide bonds. The lowest BCUT2D eigenvalue weighted by Gasteiger charge is -2.12. The fourth-order valence-corrected chi connectivity index (χ4v) is 1.53. The summed E-state index contributed by atoms with van der Waals surface area (Å²) in [6.07, 6.45) is 2.77. The van der Waals surface area contributed by atoms with Gasteiger partial charge >= 0.3 is 0 Å². The molecule has 94 valence electrons. The summed E-state index contributed by atoms with van der Waals surface area (Å²) in [6, 6.07) is 0. The van der Waals surface area contributed by atoms with Crippen molar-refractivity contribution in [2.24, 2.45) is 0 Å². The van der Waals surface area contributed by atoms with Crippen molar-refractivity contribution in [3.8, 4) is 0 Å². The summed E-state index contributed by atoms with van der Waals surface area (Å²) in [5.74, 6) is 1.62. The van der Waals surface area contributed by atoms with Crippen molar-refractivity contribution in [1.82, 2.24) is 15.3 Å². The van der Waals surface area contributed by atoms with Crippen molar-refractivity contribution < 1.29 is 4.79 Å². The van der Waals surface area contributed by atoms with Crippen molar-refractivity contribution in [3.63, 3.8) is 0 Å². The van der Waals surface area contributed by atoms with Gasteiger partial charge in [-0.2, -0.15) is 0 Å². The number of nitrogens with zero attached hydrogens (tertiary/aromatic N) is 2. The van der Waals surface area contributed by atoms with E-state index in [-0.39, 0.29) is 5.91 Å². The topological polar surface area (TPSA) is 78.9 Å². The smallest absolute Gasteiger partial charge is 0.221 e. The molecule has 0 unspecified atom stereocenters. The summed E-state index contributed by atoms with van der Waals surface area (Å²) in [7, 11) is 3.46. The summed E-state index contributed by atoms with van der Waals surface area (Å²) >= 11 is 0. The van der Waals surface area contributed by atoms with Crippen LogP contribution in [0, 0.1) is 0 Å². The van der Waals surface area contributed by atoms with Gasteiger partial charge in [0.05, 0.1) is 0 Å². The molecule has 0 spiro atoms. The average Bonchev–Trinajstić information content (AvgIpc) is 2.37. The number of carbonyl (C=O) groups is 1. The largest absolute Gasteiger partial charge is 0.373 e. The molecule has 3 N–H and O–H groups in total. The second kappa shape index (κ2) is 6.67. The van der Waals surface area contributed by atoms with Crippen LogP contribution in [0.4, 0.5) is 11.6 Å². The zero-order valence-corrected chi connectivity index (χ0v) is 10.5. The lowest BCUT2D eigenvalue weighted by atomic mass is 10.2. The van der Waals surface area contributed by atoms with E-state index < -0.39 is 0 Å². The number of anilines is 2. The third-order valence-electron chi connectivity index (χ3n) is 2.46. The van der Waals surface area contributed by atoms with E-state index in [1.807, 2.05) is 14.0 Å². The Kier molecular flexibility index (Phi) is 5.19. The molecule has 0 aliphatic rings. The van der Waals surface area contributed by atoms with Gasteiger partial charge in [-0.15, -0.1) is 0 Å². The van der Waals surface area contributed by atoms with Gasteiger partial charge in [0.25, 0.3) is 0 Å². The van der Waals surface area contributed by atoms with Gasteiger partial charge in [-0.25, -0.2) is 9.97 Å². The second-order valence-corrected chi connectivity index (χ2v) is 3.50. The summed E-state index contributed by atoms with van der Waals surface area (Å²) in [4.78, 5) is 19.4. The quantitative estimate of drug-likeness (QED) is 0.676. The Labute approximate surface area is 101 Å². The highest BCUT2D eigenvalue weighted by atomic mass is 16.1. The standard InChI is InChI=1S/C11H19N5O/c1-4-8-10(13-3)15-7-16-11(8)14-6-5-9(17)12-2/h7H,4-6H2,1-3H3,(H,12,17)(H2,13,14,15,16). The molecule has 0 saturated carbocycles. The van der Waals surface area contributed by atoms with Gasteiger partial charge in [0.15, 0.2) is 0 Å². The normalized spacial score (nSPS) is 9.82. The second-order valence-electron chi connectivity index (χ2n) is 3.50. The Morgan fingerprint density at radius 3 is 2.59 bits per heavy atom. The number of nitrogens with one attached hydrogen (secondary N) is 3. The Bertz CT molecular complexity index is 380. The molecule has 0 aliphatic carbocycles. The average molecular weight is 237 g/mol. The third-order valence-corrected chi connectivity index (χ3v) is 2.46. The molecule has 1 rings (SSSR count). The zero-order chi connectivity index (χ0) is 12.7. The molecule has 6 nitrogen and oxygen atoms in total. The molecule has 0 aliphatic heterocycles. The molecule has 0 bridgehead atoms. The number of aromatic nitrogens is 2. The van der Waals surface area contributed by atoms with E-state index in [1.54, 1.807) is 7.05 Å². The minimum Gasteiger partial charge on any atom is -0.373 e. The van der Waals surface area contributed by atoms with Gasteiger partial charge in [-0.1, -0.05) is 6.92 Å².